The molecule has 2 aromatic carbocycles. The molecule has 0 aliphatic heterocycles. The van der Waals surface area contributed by atoms with E-state index in [0.29, 0.717) is 5.56 Å². The molecule has 0 radical (unpaired) electrons. The first-order chi connectivity index (χ1) is 10.2. The Balaban J connectivity index is -0.000000346. The van der Waals surface area contributed by atoms with E-state index in [9.17, 15) is 9.59 Å². The highest BCUT2D eigenvalue weighted by Gasteiger charge is 2.04. The highest BCUT2D eigenvalue weighted by atomic mass is 16.4. The summed E-state index contributed by atoms with van der Waals surface area (Å²) in [6.45, 7) is 9.33. The smallest absolute Gasteiger partial charge is 0.335 e. The van der Waals surface area contributed by atoms with Crippen LogP contribution in [-0.4, -0.2) is 16.9 Å². The van der Waals surface area contributed by atoms with Crippen LogP contribution in [0.25, 0.3) is 0 Å². The topological polar surface area (TPSA) is 54.4 Å². The van der Waals surface area contributed by atoms with Gasteiger partial charge >= 0.3 is 5.97 Å². The molecular formula is C22H34O3. The number of aromatic carboxylic acids is 1. The molecule has 0 unspecified atom stereocenters. The van der Waals surface area contributed by atoms with Gasteiger partial charge < -0.3 is 5.11 Å². The molecule has 0 heterocycles. The fraction of sp³-hybridized carbons (Fsp3) is 0.364. The molecule has 25 heavy (non-hydrogen) atoms. The normalized spacial score (nSPS) is 8.52. The third-order valence-electron chi connectivity index (χ3n) is 3.37. The van der Waals surface area contributed by atoms with Crippen molar-refractivity contribution < 1.29 is 14.7 Å². The first-order valence-corrected chi connectivity index (χ1v) is 7.11. The highest BCUT2D eigenvalue weighted by Crippen LogP contribution is 2.10. The number of carbonyl (C=O) groups is 2. The minimum Gasteiger partial charge on any atom is -0.478 e. The van der Waals surface area contributed by atoms with Crippen molar-refractivity contribution in [3.63, 3.8) is 0 Å². The van der Waals surface area contributed by atoms with Crippen LogP contribution in [0.3, 0.4) is 0 Å². The SMILES string of the molecule is C.C.C.CC(=O)c1ccc(C)cc1C.Cc1ccc(C(=O)O)c(C)c1. The van der Waals surface area contributed by atoms with E-state index in [1.165, 1.54) is 5.56 Å². The van der Waals surface area contributed by atoms with Crippen LogP contribution >= 0.6 is 0 Å². The third kappa shape index (κ3) is 8.30. The number of hydrogen-bond donors (Lipinski definition) is 1. The lowest BCUT2D eigenvalue weighted by Crippen LogP contribution is -1.99. The molecule has 3 nitrogen and oxygen atoms in total. The Morgan fingerprint density at radius 3 is 1.36 bits per heavy atom. The Morgan fingerprint density at radius 1 is 0.720 bits per heavy atom. The number of carbonyl (C=O) groups excluding carboxylic acids is 1. The first kappa shape index (κ1) is 27.4. The lowest BCUT2D eigenvalue weighted by atomic mass is 10.0. The molecule has 2 aromatic rings. The highest BCUT2D eigenvalue weighted by molar-refractivity contribution is 5.95. The monoisotopic (exact) mass is 346 g/mol. The Bertz CT molecular complexity index is 639. The van der Waals surface area contributed by atoms with Gasteiger partial charge in [0.1, 0.15) is 0 Å². The number of Topliss-reactive ketones (excluding diaryl/α,β-unsaturated/α-hetero) is 1. The van der Waals surface area contributed by atoms with Crippen LogP contribution in [0.1, 0.15) is 72.2 Å². The number of aryl methyl sites for hydroxylation is 4. The average Bonchev–Trinajstić information content (AvgIpc) is 2.38. The molecule has 0 atom stereocenters. The lowest BCUT2D eigenvalue weighted by Gasteiger charge is -2.01. The van der Waals surface area contributed by atoms with Gasteiger partial charge in [-0.2, -0.15) is 0 Å². The average molecular weight is 347 g/mol. The second kappa shape index (κ2) is 12.0. The van der Waals surface area contributed by atoms with E-state index in [4.69, 9.17) is 5.11 Å². The van der Waals surface area contributed by atoms with E-state index in [2.05, 4.69) is 0 Å². The van der Waals surface area contributed by atoms with Crippen LogP contribution in [-0.2, 0) is 0 Å². The standard InChI is InChI=1S/C10H12O.C9H10O2.3CH4/c1-7-4-5-10(9(3)11)8(2)6-7;1-6-3-4-8(9(10)11)7(2)5-6;;;/h4-6H,1-3H3;3-5H,1-2H3,(H,10,11);3*1H4. The molecule has 140 valence electrons. The van der Waals surface area contributed by atoms with Crippen molar-refractivity contribution in [1.29, 1.82) is 0 Å². The Labute approximate surface area is 153 Å². The molecule has 0 aliphatic rings. The second-order valence-corrected chi connectivity index (χ2v) is 5.50. The van der Waals surface area contributed by atoms with Crippen LogP contribution in [0.15, 0.2) is 36.4 Å². The van der Waals surface area contributed by atoms with Crippen molar-refractivity contribution in [2.75, 3.05) is 0 Å². The molecule has 1 N–H and O–H groups in total. The molecular weight excluding hydrogens is 312 g/mol. The molecule has 0 spiro atoms. The van der Waals surface area contributed by atoms with Gasteiger partial charge in [0.05, 0.1) is 5.56 Å². The maximum Gasteiger partial charge on any atom is 0.335 e. The predicted molar refractivity (Wildman–Crippen MR) is 109 cm³/mol. The van der Waals surface area contributed by atoms with Crippen LogP contribution in [0.2, 0.25) is 0 Å². The van der Waals surface area contributed by atoms with Crippen LogP contribution in [0, 0.1) is 27.7 Å². The van der Waals surface area contributed by atoms with Crippen molar-refractivity contribution in [1.82, 2.24) is 0 Å². The van der Waals surface area contributed by atoms with Crippen molar-refractivity contribution in [2.45, 2.75) is 56.9 Å². The zero-order valence-corrected chi connectivity index (χ0v) is 13.7. The van der Waals surface area contributed by atoms with Gasteiger partial charge in [0, 0.05) is 5.56 Å². The number of hydrogen-bond acceptors (Lipinski definition) is 2. The summed E-state index contributed by atoms with van der Waals surface area (Å²) in [6, 6.07) is 11.2. The number of rotatable bonds is 2. The molecule has 0 saturated heterocycles. The summed E-state index contributed by atoms with van der Waals surface area (Å²) in [4.78, 5) is 21.5. The van der Waals surface area contributed by atoms with Gasteiger partial charge in [-0.1, -0.05) is 63.7 Å². The largest absolute Gasteiger partial charge is 0.478 e. The molecule has 0 aliphatic carbocycles. The fourth-order valence-corrected chi connectivity index (χ4v) is 2.26. The molecule has 0 bridgehead atoms. The predicted octanol–water partition coefficient (Wildman–Crippen LogP) is 6.42. The number of carboxylic acids is 1. The minimum absolute atomic E-state index is 0. The van der Waals surface area contributed by atoms with Crippen LogP contribution in [0.5, 0.6) is 0 Å². The van der Waals surface area contributed by atoms with E-state index in [0.717, 1.165) is 22.3 Å². The van der Waals surface area contributed by atoms with E-state index in [1.54, 1.807) is 26.0 Å². The molecule has 0 fully saturated rings. The molecule has 0 saturated carbocycles. The number of benzene rings is 2. The summed E-state index contributed by atoms with van der Waals surface area (Å²) in [5, 5.41) is 8.66. The summed E-state index contributed by atoms with van der Waals surface area (Å²) in [5.74, 6) is -0.718. The minimum atomic E-state index is -0.859. The summed E-state index contributed by atoms with van der Waals surface area (Å²) in [7, 11) is 0. The zero-order valence-electron chi connectivity index (χ0n) is 13.7. The van der Waals surface area contributed by atoms with Gasteiger partial charge in [-0.15, -0.1) is 0 Å². The van der Waals surface area contributed by atoms with Crippen molar-refractivity contribution in [2.24, 2.45) is 0 Å². The maximum atomic E-state index is 11.0. The number of carboxylic acid groups (broad SMARTS) is 1. The Morgan fingerprint density at radius 2 is 1.08 bits per heavy atom. The Kier molecular flexibility index (Phi) is 13.2. The zero-order chi connectivity index (χ0) is 16.9. The maximum absolute atomic E-state index is 11.0. The van der Waals surface area contributed by atoms with Gasteiger partial charge in [-0.05, 0) is 51.8 Å². The van der Waals surface area contributed by atoms with Crippen molar-refractivity contribution in [3.05, 3.63) is 69.8 Å². The summed E-state index contributed by atoms with van der Waals surface area (Å²) in [5.41, 5.74) is 5.39. The summed E-state index contributed by atoms with van der Waals surface area (Å²) >= 11 is 0. The molecule has 3 heteroatoms. The van der Waals surface area contributed by atoms with Crippen molar-refractivity contribution >= 4 is 11.8 Å². The molecule has 2 rings (SSSR count). The summed E-state index contributed by atoms with van der Waals surface area (Å²) < 4.78 is 0. The van der Waals surface area contributed by atoms with Gasteiger partial charge in [0.15, 0.2) is 5.78 Å². The van der Waals surface area contributed by atoms with E-state index in [-0.39, 0.29) is 28.1 Å². The van der Waals surface area contributed by atoms with E-state index in [1.807, 2.05) is 45.0 Å². The van der Waals surface area contributed by atoms with Crippen LogP contribution in [0.4, 0.5) is 0 Å². The van der Waals surface area contributed by atoms with E-state index >= 15 is 0 Å². The van der Waals surface area contributed by atoms with Gasteiger partial charge in [-0.25, -0.2) is 4.79 Å². The fourth-order valence-electron chi connectivity index (χ4n) is 2.26. The van der Waals surface area contributed by atoms with Gasteiger partial charge in [0.2, 0.25) is 0 Å². The van der Waals surface area contributed by atoms with Gasteiger partial charge in [-0.3, -0.25) is 4.79 Å². The third-order valence-corrected chi connectivity index (χ3v) is 3.37. The van der Waals surface area contributed by atoms with Crippen LogP contribution < -0.4 is 0 Å². The number of ketones is 1. The van der Waals surface area contributed by atoms with E-state index < -0.39 is 5.97 Å². The molecule has 0 amide bonds. The molecule has 0 aromatic heterocycles. The quantitative estimate of drug-likeness (QED) is 0.639. The van der Waals surface area contributed by atoms with Crippen molar-refractivity contribution in [3.8, 4) is 0 Å². The van der Waals surface area contributed by atoms with Gasteiger partial charge in [0.25, 0.3) is 0 Å². The Hall–Kier alpha value is -2.42. The summed E-state index contributed by atoms with van der Waals surface area (Å²) in [6.07, 6.45) is 0. The first-order valence-electron chi connectivity index (χ1n) is 7.11. The lowest BCUT2D eigenvalue weighted by molar-refractivity contribution is 0.0696. The second-order valence-electron chi connectivity index (χ2n) is 5.50.